The molecular weight excluding hydrogens is 258 g/mol. The lowest BCUT2D eigenvalue weighted by Gasteiger charge is -2.16. The van der Waals surface area contributed by atoms with Crippen LogP contribution in [-0.4, -0.2) is 38.1 Å². The number of benzene rings is 1. The Labute approximate surface area is 119 Å². The van der Waals surface area contributed by atoms with Crippen LogP contribution >= 0.6 is 0 Å². The van der Waals surface area contributed by atoms with Crippen molar-refractivity contribution in [3.05, 3.63) is 29.3 Å². The van der Waals surface area contributed by atoms with Gasteiger partial charge in [-0.3, -0.25) is 9.59 Å². The molecule has 0 aliphatic heterocycles. The van der Waals surface area contributed by atoms with Gasteiger partial charge >= 0.3 is 0 Å². The van der Waals surface area contributed by atoms with Crippen LogP contribution in [0.15, 0.2) is 18.2 Å². The van der Waals surface area contributed by atoms with Crippen LogP contribution < -0.4 is 10.1 Å². The van der Waals surface area contributed by atoms with Crippen LogP contribution in [0, 0.1) is 6.92 Å². The Morgan fingerprint density at radius 3 is 2.65 bits per heavy atom. The number of ether oxygens (including phenoxy) is 2. The first-order chi connectivity index (χ1) is 9.45. The molecule has 0 saturated heterocycles. The maximum Gasteiger partial charge on any atom is 0.260 e. The van der Waals surface area contributed by atoms with Crippen LogP contribution in [0.5, 0.6) is 5.75 Å². The van der Waals surface area contributed by atoms with Crippen molar-refractivity contribution < 1.29 is 19.1 Å². The lowest BCUT2D eigenvalue weighted by Crippen LogP contribution is -2.38. The third kappa shape index (κ3) is 4.66. The van der Waals surface area contributed by atoms with E-state index in [0.717, 1.165) is 5.56 Å². The van der Waals surface area contributed by atoms with Crippen molar-refractivity contribution >= 4 is 11.7 Å². The maximum atomic E-state index is 11.8. The van der Waals surface area contributed by atoms with Crippen LogP contribution in [0.25, 0.3) is 0 Å². The van der Waals surface area contributed by atoms with Crippen molar-refractivity contribution in [2.24, 2.45) is 0 Å². The number of Topliss-reactive ketones (excluding diaryl/α,β-unsaturated/α-hetero) is 1. The van der Waals surface area contributed by atoms with E-state index < -0.39 is 6.10 Å². The molecule has 0 aliphatic carbocycles. The number of ketones is 1. The van der Waals surface area contributed by atoms with Crippen molar-refractivity contribution in [3.8, 4) is 5.75 Å². The fourth-order valence-electron chi connectivity index (χ4n) is 1.69. The minimum absolute atomic E-state index is 0.0873. The van der Waals surface area contributed by atoms with E-state index in [9.17, 15) is 9.59 Å². The first-order valence-corrected chi connectivity index (χ1v) is 6.50. The molecule has 1 N–H and O–H groups in total. The quantitative estimate of drug-likeness (QED) is 0.610. The smallest absolute Gasteiger partial charge is 0.260 e. The van der Waals surface area contributed by atoms with E-state index in [1.807, 2.05) is 13.0 Å². The second-order valence-corrected chi connectivity index (χ2v) is 4.60. The first-order valence-electron chi connectivity index (χ1n) is 6.50. The van der Waals surface area contributed by atoms with Gasteiger partial charge in [0.05, 0.1) is 12.2 Å². The van der Waals surface area contributed by atoms with E-state index >= 15 is 0 Å². The number of hydrogen-bond donors (Lipinski definition) is 1. The van der Waals surface area contributed by atoms with E-state index in [4.69, 9.17) is 9.47 Å². The molecule has 0 heterocycles. The van der Waals surface area contributed by atoms with E-state index in [1.54, 1.807) is 26.2 Å². The maximum absolute atomic E-state index is 11.8. The predicted molar refractivity (Wildman–Crippen MR) is 76.2 cm³/mol. The molecule has 1 unspecified atom stereocenters. The summed E-state index contributed by atoms with van der Waals surface area (Å²) in [5.74, 6) is 0.102. The third-order valence-electron chi connectivity index (χ3n) is 2.79. The average molecular weight is 279 g/mol. The molecule has 20 heavy (non-hydrogen) atoms. The molecule has 0 fully saturated rings. The molecule has 0 saturated carbocycles. The van der Waals surface area contributed by atoms with Crippen molar-refractivity contribution in [2.75, 3.05) is 20.3 Å². The number of carbonyl (C=O) groups is 2. The molecule has 1 aromatic carbocycles. The summed E-state index contributed by atoms with van der Waals surface area (Å²) < 4.78 is 10.4. The zero-order valence-electron chi connectivity index (χ0n) is 12.4. The van der Waals surface area contributed by atoms with Crippen LogP contribution in [0.3, 0.4) is 0 Å². The number of carbonyl (C=O) groups excluding carboxylic acids is 2. The van der Waals surface area contributed by atoms with E-state index in [1.165, 1.54) is 6.92 Å². The summed E-state index contributed by atoms with van der Waals surface area (Å²) in [5.41, 5.74) is 1.46. The van der Waals surface area contributed by atoms with Gasteiger partial charge in [-0.05, 0) is 32.9 Å². The van der Waals surface area contributed by atoms with E-state index in [-0.39, 0.29) is 11.7 Å². The summed E-state index contributed by atoms with van der Waals surface area (Å²) in [7, 11) is 1.57. The second kappa shape index (κ2) is 7.65. The highest BCUT2D eigenvalue weighted by molar-refractivity contribution is 5.97. The minimum atomic E-state index is -0.673. The highest BCUT2D eigenvalue weighted by Gasteiger charge is 2.17. The van der Waals surface area contributed by atoms with Gasteiger partial charge in [0.2, 0.25) is 0 Å². The van der Waals surface area contributed by atoms with E-state index in [0.29, 0.717) is 24.5 Å². The molecule has 1 amide bonds. The highest BCUT2D eigenvalue weighted by Crippen LogP contribution is 2.21. The number of hydrogen-bond acceptors (Lipinski definition) is 4. The topological polar surface area (TPSA) is 64.6 Å². The SMILES string of the molecule is COCCNC(=O)C(C)Oc1ccc(C)cc1C(C)=O. The Bertz CT molecular complexity index is 485. The summed E-state index contributed by atoms with van der Waals surface area (Å²) in [6, 6.07) is 5.32. The van der Waals surface area contributed by atoms with Crippen molar-refractivity contribution in [3.63, 3.8) is 0 Å². The zero-order chi connectivity index (χ0) is 15.1. The molecule has 0 spiro atoms. The molecule has 0 aliphatic rings. The Morgan fingerprint density at radius 1 is 1.35 bits per heavy atom. The van der Waals surface area contributed by atoms with Gasteiger partial charge in [-0.2, -0.15) is 0 Å². The second-order valence-electron chi connectivity index (χ2n) is 4.60. The molecule has 110 valence electrons. The van der Waals surface area contributed by atoms with Gasteiger partial charge in [-0.1, -0.05) is 11.6 Å². The van der Waals surface area contributed by atoms with Crippen LogP contribution in [0.2, 0.25) is 0 Å². The van der Waals surface area contributed by atoms with Gasteiger partial charge in [0, 0.05) is 13.7 Å². The number of aryl methyl sites for hydroxylation is 1. The molecule has 1 atom stereocenters. The largest absolute Gasteiger partial charge is 0.480 e. The van der Waals surface area contributed by atoms with Gasteiger partial charge in [0.15, 0.2) is 11.9 Å². The Hall–Kier alpha value is -1.88. The molecule has 1 aromatic rings. The fourth-order valence-corrected chi connectivity index (χ4v) is 1.69. The van der Waals surface area contributed by atoms with Crippen molar-refractivity contribution in [1.29, 1.82) is 0 Å². The normalized spacial score (nSPS) is 11.8. The Balaban J connectivity index is 2.72. The minimum Gasteiger partial charge on any atom is -0.480 e. The molecule has 0 aromatic heterocycles. The fraction of sp³-hybridized carbons (Fsp3) is 0.467. The third-order valence-corrected chi connectivity index (χ3v) is 2.79. The Kier molecular flexibility index (Phi) is 6.18. The molecule has 0 radical (unpaired) electrons. The summed E-state index contributed by atoms with van der Waals surface area (Å²) in [6.07, 6.45) is -0.673. The highest BCUT2D eigenvalue weighted by atomic mass is 16.5. The summed E-state index contributed by atoms with van der Waals surface area (Å²) in [5, 5.41) is 2.69. The monoisotopic (exact) mass is 279 g/mol. The lowest BCUT2D eigenvalue weighted by molar-refractivity contribution is -0.127. The molecule has 5 heteroatoms. The standard InChI is InChI=1S/C15H21NO4/c1-10-5-6-14(13(9-10)11(2)17)20-12(3)15(18)16-7-8-19-4/h5-6,9,12H,7-8H2,1-4H3,(H,16,18). The van der Waals surface area contributed by atoms with Crippen molar-refractivity contribution in [2.45, 2.75) is 26.9 Å². The lowest BCUT2D eigenvalue weighted by atomic mass is 10.1. The van der Waals surface area contributed by atoms with Gasteiger partial charge in [-0.25, -0.2) is 0 Å². The van der Waals surface area contributed by atoms with Crippen LogP contribution in [-0.2, 0) is 9.53 Å². The Morgan fingerprint density at radius 2 is 2.05 bits per heavy atom. The number of methoxy groups -OCH3 is 1. The van der Waals surface area contributed by atoms with Crippen molar-refractivity contribution in [1.82, 2.24) is 5.32 Å². The first kappa shape index (κ1) is 16.2. The van der Waals surface area contributed by atoms with Crippen LogP contribution in [0.1, 0.15) is 29.8 Å². The summed E-state index contributed by atoms with van der Waals surface area (Å²) in [6.45, 7) is 5.89. The predicted octanol–water partition coefficient (Wildman–Crippen LogP) is 1.73. The summed E-state index contributed by atoms with van der Waals surface area (Å²) >= 11 is 0. The summed E-state index contributed by atoms with van der Waals surface area (Å²) in [4.78, 5) is 23.4. The van der Waals surface area contributed by atoms with Gasteiger partial charge < -0.3 is 14.8 Å². The average Bonchev–Trinajstić information content (AvgIpc) is 2.40. The van der Waals surface area contributed by atoms with Crippen LogP contribution in [0.4, 0.5) is 0 Å². The molecule has 0 bridgehead atoms. The van der Waals surface area contributed by atoms with Gasteiger partial charge in [0.25, 0.3) is 5.91 Å². The number of rotatable bonds is 7. The molecular formula is C15H21NO4. The molecule has 1 rings (SSSR count). The zero-order valence-corrected chi connectivity index (χ0v) is 12.4. The van der Waals surface area contributed by atoms with E-state index in [2.05, 4.69) is 5.32 Å². The number of nitrogens with one attached hydrogen (secondary N) is 1. The van der Waals surface area contributed by atoms with Gasteiger partial charge in [-0.15, -0.1) is 0 Å². The molecule has 5 nitrogen and oxygen atoms in total. The van der Waals surface area contributed by atoms with Gasteiger partial charge in [0.1, 0.15) is 5.75 Å². The number of amides is 1.